The van der Waals surface area contributed by atoms with Crippen molar-refractivity contribution in [3.63, 3.8) is 0 Å². The summed E-state index contributed by atoms with van der Waals surface area (Å²) in [5.74, 6) is -1.46. The number of nitrogens with zero attached hydrogens (tertiary/aromatic N) is 1. The summed E-state index contributed by atoms with van der Waals surface area (Å²) >= 11 is 0. The first-order valence-corrected chi connectivity index (χ1v) is 7.88. The molecular weight excluding hydrogens is 354 g/mol. The topological polar surface area (TPSA) is 142 Å². The van der Waals surface area contributed by atoms with Gasteiger partial charge in [0, 0.05) is 31.0 Å². The largest absolute Gasteiger partial charge is 0.427 e. The van der Waals surface area contributed by atoms with Crippen LogP contribution in [0.2, 0.25) is 0 Å². The Kier molecular flexibility index (Phi) is 6.21. The molecule has 1 atom stereocenters. The molecule has 2 rings (SSSR count). The van der Waals surface area contributed by atoms with Crippen molar-refractivity contribution in [1.29, 1.82) is 0 Å². The molecule has 0 aliphatic rings. The van der Waals surface area contributed by atoms with Gasteiger partial charge in [-0.1, -0.05) is 12.1 Å². The monoisotopic (exact) mass is 371 g/mol. The predicted octanol–water partition coefficient (Wildman–Crippen LogP) is 1.35. The molecule has 2 amide bonds. The Hall–Kier alpha value is -3.75. The Morgan fingerprint density at radius 3 is 2.19 bits per heavy atom. The van der Waals surface area contributed by atoms with E-state index in [-0.39, 0.29) is 23.4 Å². The Morgan fingerprint density at radius 2 is 1.70 bits per heavy atom. The molecule has 0 aromatic heterocycles. The molecule has 0 bridgehead atoms. The number of esters is 1. The molecule has 3 N–H and O–H groups in total. The molecule has 0 spiro atoms. The standard InChI is InChI=1S/C18H17N3O6/c1-11(22)27-15-8-4-13(5-9-15)18(24)20-16(17(19)23)10-12-2-6-14(7-3-12)21(25)26/h2-9,16H,10H2,1H3,(H2,19,23)(H,20,24)/t16-/m0/s1. The molecule has 9 heteroatoms. The third-order valence-corrected chi connectivity index (χ3v) is 3.61. The van der Waals surface area contributed by atoms with E-state index in [2.05, 4.69) is 5.32 Å². The van der Waals surface area contributed by atoms with Gasteiger partial charge in [0.05, 0.1) is 4.92 Å². The van der Waals surface area contributed by atoms with E-state index in [0.717, 1.165) is 0 Å². The molecule has 0 saturated carbocycles. The number of nitrogens with two attached hydrogens (primary N) is 1. The van der Waals surface area contributed by atoms with Crippen LogP contribution < -0.4 is 15.8 Å². The van der Waals surface area contributed by atoms with Crippen molar-refractivity contribution in [2.24, 2.45) is 5.73 Å². The van der Waals surface area contributed by atoms with E-state index in [0.29, 0.717) is 5.56 Å². The zero-order chi connectivity index (χ0) is 20.0. The molecule has 0 aliphatic heterocycles. The van der Waals surface area contributed by atoms with Crippen LogP contribution in [0.4, 0.5) is 5.69 Å². The summed E-state index contributed by atoms with van der Waals surface area (Å²) in [5, 5.41) is 13.2. The number of amides is 2. The first-order chi connectivity index (χ1) is 12.8. The Bertz CT molecular complexity index is 862. The maximum atomic E-state index is 12.3. The molecule has 9 nitrogen and oxygen atoms in total. The second-order valence-electron chi connectivity index (χ2n) is 5.67. The van der Waals surface area contributed by atoms with E-state index >= 15 is 0 Å². The van der Waals surface area contributed by atoms with Gasteiger partial charge in [-0.05, 0) is 29.8 Å². The van der Waals surface area contributed by atoms with Crippen molar-refractivity contribution < 1.29 is 24.0 Å². The van der Waals surface area contributed by atoms with Crippen molar-refractivity contribution in [3.05, 3.63) is 69.8 Å². The summed E-state index contributed by atoms with van der Waals surface area (Å²) in [6.45, 7) is 1.26. The van der Waals surface area contributed by atoms with Gasteiger partial charge in [-0.3, -0.25) is 24.5 Å². The number of carbonyl (C=O) groups is 3. The summed E-state index contributed by atoms with van der Waals surface area (Å²) in [6.07, 6.45) is 0.0879. The fourth-order valence-electron chi connectivity index (χ4n) is 2.29. The highest BCUT2D eigenvalue weighted by Crippen LogP contribution is 2.15. The van der Waals surface area contributed by atoms with E-state index in [1.54, 1.807) is 0 Å². The van der Waals surface area contributed by atoms with Crippen molar-refractivity contribution in [3.8, 4) is 5.75 Å². The smallest absolute Gasteiger partial charge is 0.308 e. The van der Waals surface area contributed by atoms with Crippen molar-refractivity contribution in [1.82, 2.24) is 5.32 Å². The van der Waals surface area contributed by atoms with E-state index in [9.17, 15) is 24.5 Å². The molecule has 0 unspecified atom stereocenters. The van der Waals surface area contributed by atoms with E-state index in [4.69, 9.17) is 10.5 Å². The van der Waals surface area contributed by atoms with Gasteiger partial charge in [0.25, 0.3) is 11.6 Å². The van der Waals surface area contributed by atoms with E-state index in [1.807, 2.05) is 0 Å². The third-order valence-electron chi connectivity index (χ3n) is 3.61. The second-order valence-corrected chi connectivity index (χ2v) is 5.67. The predicted molar refractivity (Wildman–Crippen MR) is 95.0 cm³/mol. The van der Waals surface area contributed by atoms with Crippen LogP contribution in [-0.4, -0.2) is 28.7 Å². The summed E-state index contributed by atoms with van der Waals surface area (Å²) < 4.78 is 4.88. The van der Waals surface area contributed by atoms with Gasteiger partial charge in [-0.15, -0.1) is 0 Å². The number of primary amides is 1. The fourth-order valence-corrected chi connectivity index (χ4v) is 2.29. The lowest BCUT2D eigenvalue weighted by atomic mass is 10.0. The van der Waals surface area contributed by atoms with Gasteiger partial charge >= 0.3 is 5.97 Å². The normalized spacial score (nSPS) is 11.3. The van der Waals surface area contributed by atoms with Crippen LogP contribution in [0.15, 0.2) is 48.5 Å². The lowest BCUT2D eigenvalue weighted by Gasteiger charge is -2.15. The second kappa shape index (κ2) is 8.56. The molecule has 27 heavy (non-hydrogen) atoms. The SMILES string of the molecule is CC(=O)Oc1ccc(C(=O)N[C@@H](Cc2ccc([N+](=O)[O-])cc2)C(N)=O)cc1. The van der Waals surface area contributed by atoms with Crippen LogP contribution in [0.1, 0.15) is 22.8 Å². The van der Waals surface area contributed by atoms with Gasteiger partial charge in [-0.25, -0.2) is 0 Å². The van der Waals surface area contributed by atoms with Gasteiger partial charge in [-0.2, -0.15) is 0 Å². The molecule has 140 valence electrons. The maximum Gasteiger partial charge on any atom is 0.308 e. The minimum absolute atomic E-state index is 0.0775. The van der Waals surface area contributed by atoms with E-state index in [1.165, 1.54) is 55.5 Å². The van der Waals surface area contributed by atoms with Gasteiger partial charge in [0.2, 0.25) is 5.91 Å². The summed E-state index contributed by atoms with van der Waals surface area (Å²) in [5.41, 5.74) is 6.13. The van der Waals surface area contributed by atoms with Crippen LogP contribution in [0, 0.1) is 10.1 Å². The van der Waals surface area contributed by atoms with E-state index < -0.39 is 28.7 Å². The van der Waals surface area contributed by atoms with Gasteiger partial charge in [0.15, 0.2) is 0 Å². The number of hydrogen-bond acceptors (Lipinski definition) is 6. The van der Waals surface area contributed by atoms with Crippen LogP contribution in [0.25, 0.3) is 0 Å². The molecule has 2 aromatic rings. The lowest BCUT2D eigenvalue weighted by Crippen LogP contribution is -2.45. The van der Waals surface area contributed by atoms with Crippen LogP contribution in [-0.2, 0) is 16.0 Å². The number of rotatable bonds is 7. The Balaban J connectivity index is 2.06. The molecule has 2 aromatic carbocycles. The first kappa shape index (κ1) is 19.6. The molecule has 0 aliphatic carbocycles. The van der Waals surface area contributed by atoms with Crippen molar-refractivity contribution in [2.45, 2.75) is 19.4 Å². The van der Waals surface area contributed by atoms with Crippen molar-refractivity contribution in [2.75, 3.05) is 0 Å². The van der Waals surface area contributed by atoms with Crippen LogP contribution in [0.5, 0.6) is 5.75 Å². The van der Waals surface area contributed by atoms with Crippen molar-refractivity contribution >= 4 is 23.5 Å². The number of nitrogens with one attached hydrogen (secondary N) is 1. The molecular formula is C18H17N3O6. The average Bonchev–Trinajstić information content (AvgIpc) is 2.61. The minimum Gasteiger partial charge on any atom is -0.427 e. The average molecular weight is 371 g/mol. The first-order valence-electron chi connectivity index (χ1n) is 7.88. The third kappa shape index (κ3) is 5.63. The van der Waals surface area contributed by atoms with Gasteiger partial charge in [0.1, 0.15) is 11.8 Å². The number of nitro groups is 1. The molecule has 0 heterocycles. The fraction of sp³-hybridized carbons (Fsp3) is 0.167. The number of carbonyl (C=O) groups excluding carboxylic acids is 3. The summed E-state index contributed by atoms with van der Waals surface area (Å²) in [6, 6.07) is 10.4. The zero-order valence-corrected chi connectivity index (χ0v) is 14.4. The Labute approximate surface area is 154 Å². The summed E-state index contributed by atoms with van der Waals surface area (Å²) in [4.78, 5) is 45.0. The number of benzene rings is 2. The van der Waals surface area contributed by atoms with Crippen LogP contribution in [0.3, 0.4) is 0 Å². The molecule has 0 saturated heterocycles. The molecule has 0 fully saturated rings. The molecule has 0 radical (unpaired) electrons. The highest BCUT2D eigenvalue weighted by molar-refractivity contribution is 5.97. The number of nitro benzene ring substituents is 1. The number of non-ortho nitro benzene ring substituents is 1. The quantitative estimate of drug-likeness (QED) is 0.326. The highest BCUT2D eigenvalue weighted by atomic mass is 16.6. The highest BCUT2D eigenvalue weighted by Gasteiger charge is 2.20. The number of hydrogen-bond donors (Lipinski definition) is 2. The Morgan fingerprint density at radius 1 is 1.11 bits per heavy atom. The minimum atomic E-state index is -0.993. The number of ether oxygens (including phenoxy) is 1. The lowest BCUT2D eigenvalue weighted by molar-refractivity contribution is -0.384. The van der Waals surface area contributed by atoms with Gasteiger partial charge < -0.3 is 15.8 Å². The van der Waals surface area contributed by atoms with Crippen LogP contribution >= 0.6 is 0 Å². The summed E-state index contributed by atoms with van der Waals surface area (Å²) in [7, 11) is 0. The maximum absolute atomic E-state index is 12.3. The zero-order valence-electron chi connectivity index (χ0n) is 14.4.